The molecule has 0 spiro atoms. The highest BCUT2D eigenvalue weighted by molar-refractivity contribution is 5.64. The van der Waals surface area contributed by atoms with E-state index in [9.17, 15) is 15.2 Å². The molecule has 1 heterocycles. The molecule has 2 rings (SSSR count). The van der Waals surface area contributed by atoms with Gasteiger partial charge in [-0.2, -0.15) is 0 Å². The predicted molar refractivity (Wildman–Crippen MR) is 74.9 cm³/mol. The number of methoxy groups -OCH3 is 1. The van der Waals surface area contributed by atoms with Gasteiger partial charge in [0.2, 0.25) is 0 Å². The summed E-state index contributed by atoms with van der Waals surface area (Å²) in [7, 11) is 1.38. The molecule has 2 aromatic rings. The molecule has 0 atom stereocenters. The number of benzene rings is 1. The Balaban J connectivity index is 2.54. The fourth-order valence-corrected chi connectivity index (χ4v) is 2.10. The van der Waals surface area contributed by atoms with Crippen molar-refractivity contribution in [3.8, 4) is 17.1 Å². The minimum atomic E-state index is -0.504. The maximum atomic E-state index is 11.1. The lowest BCUT2D eigenvalue weighted by Gasteiger charge is -2.08. The van der Waals surface area contributed by atoms with Gasteiger partial charge < -0.3 is 14.4 Å². The van der Waals surface area contributed by atoms with Crippen LogP contribution in [0.2, 0.25) is 0 Å². The number of aliphatic hydroxyl groups excluding tert-OH is 1. The SMILES string of the molecule is CCCn1c(CO)nnc1-c1ccc(OC)c([N+](=O)[O-])c1. The van der Waals surface area contributed by atoms with Crippen molar-refractivity contribution in [2.45, 2.75) is 26.5 Å². The molecule has 1 N–H and O–H groups in total. The molecular formula is C13H16N4O4. The van der Waals surface area contributed by atoms with E-state index in [1.807, 2.05) is 6.92 Å². The predicted octanol–water partition coefficient (Wildman–Crippen LogP) is 1.76. The van der Waals surface area contributed by atoms with E-state index < -0.39 is 4.92 Å². The second kappa shape index (κ2) is 6.31. The molecule has 1 aromatic heterocycles. The van der Waals surface area contributed by atoms with E-state index in [0.717, 1.165) is 6.42 Å². The normalized spacial score (nSPS) is 10.6. The molecule has 0 aliphatic carbocycles. The summed E-state index contributed by atoms with van der Waals surface area (Å²) < 4.78 is 6.73. The molecule has 0 aliphatic rings. The van der Waals surface area contributed by atoms with Gasteiger partial charge in [0.15, 0.2) is 17.4 Å². The zero-order valence-corrected chi connectivity index (χ0v) is 11.8. The zero-order chi connectivity index (χ0) is 15.4. The summed E-state index contributed by atoms with van der Waals surface area (Å²) in [5.41, 5.74) is 0.426. The number of nitrogens with zero attached hydrogens (tertiary/aromatic N) is 4. The second-order valence-corrected chi connectivity index (χ2v) is 4.39. The highest BCUT2D eigenvalue weighted by Gasteiger charge is 2.19. The fourth-order valence-electron chi connectivity index (χ4n) is 2.10. The Morgan fingerprint density at radius 1 is 1.43 bits per heavy atom. The molecule has 0 amide bonds. The van der Waals surface area contributed by atoms with Gasteiger partial charge >= 0.3 is 5.69 Å². The molecule has 0 saturated heterocycles. The van der Waals surface area contributed by atoms with E-state index in [-0.39, 0.29) is 18.0 Å². The van der Waals surface area contributed by atoms with Crippen LogP contribution in [0.1, 0.15) is 19.2 Å². The Morgan fingerprint density at radius 2 is 2.19 bits per heavy atom. The summed E-state index contributed by atoms with van der Waals surface area (Å²) in [5, 5.41) is 28.3. The van der Waals surface area contributed by atoms with E-state index in [2.05, 4.69) is 10.2 Å². The van der Waals surface area contributed by atoms with Crippen LogP contribution in [0.5, 0.6) is 5.75 Å². The minimum Gasteiger partial charge on any atom is -0.490 e. The average molecular weight is 292 g/mol. The third kappa shape index (κ3) is 2.84. The van der Waals surface area contributed by atoms with Crippen molar-refractivity contribution < 1.29 is 14.8 Å². The fraction of sp³-hybridized carbons (Fsp3) is 0.385. The molecule has 0 fully saturated rings. The maximum Gasteiger partial charge on any atom is 0.311 e. The lowest BCUT2D eigenvalue weighted by Crippen LogP contribution is -2.05. The van der Waals surface area contributed by atoms with E-state index in [4.69, 9.17) is 4.74 Å². The van der Waals surface area contributed by atoms with Gasteiger partial charge in [-0.25, -0.2) is 0 Å². The van der Waals surface area contributed by atoms with Crippen LogP contribution in [0.15, 0.2) is 18.2 Å². The van der Waals surface area contributed by atoms with Crippen LogP contribution >= 0.6 is 0 Å². The van der Waals surface area contributed by atoms with Gasteiger partial charge in [-0.1, -0.05) is 6.92 Å². The Kier molecular flexibility index (Phi) is 4.49. The van der Waals surface area contributed by atoms with Gasteiger partial charge in [0.05, 0.1) is 12.0 Å². The number of nitro groups is 1. The molecule has 8 nitrogen and oxygen atoms in total. The van der Waals surface area contributed by atoms with Crippen LogP contribution in [0.25, 0.3) is 11.4 Å². The van der Waals surface area contributed by atoms with Gasteiger partial charge in [0, 0.05) is 18.2 Å². The van der Waals surface area contributed by atoms with Crippen LogP contribution in [0.3, 0.4) is 0 Å². The smallest absolute Gasteiger partial charge is 0.311 e. The lowest BCUT2D eigenvalue weighted by molar-refractivity contribution is -0.385. The number of rotatable bonds is 6. The average Bonchev–Trinajstić information content (AvgIpc) is 2.89. The molecule has 21 heavy (non-hydrogen) atoms. The summed E-state index contributed by atoms with van der Waals surface area (Å²) in [6, 6.07) is 4.61. The number of aromatic nitrogens is 3. The molecule has 0 aliphatic heterocycles. The first-order chi connectivity index (χ1) is 10.1. The van der Waals surface area contributed by atoms with Crippen LogP contribution < -0.4 is 4.74 Å². The molecule has 112 valence electrons. The van der Waals surface area contributed by atoms with Crippen molar-refractivity contribution in [3.63, 3.8) is 0 Å². The standard InChI is InChI=1S/C13H16N4O4/c1-3-6-16-12(8-18)14-15-13(16)9-4-5-11(21-2)10(7-9)17(19)20/h4-5,7,18H,3,6,8H2,1-2H3. The molecule has 0 radical (unpaired) electrons. The van der Waals surface area contributed by atoms with Crippen LogP contribution in [-0.4, -0.2) is 31.9 Å². The van der Waals surface area contributed by atoms with Gasteiger partial charge in [-0.3, -0.25) is 10.1 Å². The van der Waals surface area contributed by atoms with E-state index >= 15 is 0 Å². The van der Waals surface area contributed by atoms with Crippen LogP contribution in [0.4, 0.5) is 5.69 Å². The van der Waals surface area contributed by atoms with E-state index in [1.165, 1.54) is 19.2 Å². The Hall–Kier alpha value is -2.48. The highest BCUT2D eigenvalue weighted by Crippen LogP contribution is 2.31. The number of ether oxygens (including phenoxy) is 1. The molecule has 0 unspecified atom stereocenters. The molecule has 0 bridgehead atoms. The Morgan fingerprint density at radius 3 is 2.76 bits per heavy atom. The summed E-state index contributed by atoms with van der Waals surface area (Å²) in [6.07, 6.45) is 0.830. The van der Waals surface area contributed by atoms with Crippen molar-refractivity contribution >= 4 is 5.69 Å². The summed E-state index contributed by atoms with van der Waals surface area (Å²) in [6.45, 7) is 2.38. The van der Waals surface area contributed by atoms with Gasteiger partial charge in [-0.15, -0.1) is 10.2 Å². The molecule has 8 heteroatoms. The van der Waals surface area contributed by atoms with E-state index in [0.29, 0.717) is 23.8 Å². The van der Waals surface area contributed by atoms with E-state index in [1.54, 1.807) is 10.6 Å². The Labute approximate surface area is 121 Å². The summed E-state index contributed by atoms with van der Waals surface area (Å²) in [5.74, 6) is 1.12. The number of hydrogen-bond donors (Lipinski definition) is 1. The highest BCUT2D eigenvalue weighted by atomic mass is 16.6. The Bertz CT molecular complexity index is 654. The monoisotopic (exact) mass is 292 g/mol. The molecule has 0 saturated carbocycles. The van der Waals surface area contributed by atoms with Crippen LogP contribution in [0, 0.1) is 10.1 Å². The van der Waals surface area contributed by atoms with Gasteiger partial charge in [-0.05, 0) is 18.6 Å². The first kappa shape index (κ1) is 14.9. The number of aliphatic hydroxyl groups is 1. The van der Waals surface area contributed by atoms with Crippen molar-refractivity contribution in [2.24, 2.45) is 0 Å². The van der Waals surface area contributed by atoms with Crippen LogP contribution in [-0.2, 0) is 13.2 Å². The van der Waals surface area contributed by atoms with Crippen molar-refractivity contribution in [1.82, 2.24) is 14.8 Å². The number of hydrogen-bond acceptors (Lipinski definition) is 6. The van der Waals surface area contributed by atoms with Crippen molar-refractivity contribution in [1.29, 1.82) is 0 Å². The lowest BCUT2D eigenvalue weighted by atomic mass is 10.1. The van der Waals surface area contributed by atoms with Crippen molar-refractivity contribution in [2.75, 3.05) is 7.11 Å². The number of nitro benzene ring substituents is 1. The maximum absolute atomic E-state index is 11.1. The van der Waals surface area contributed by atoms with Crippen molar-refractivity contribution in [3.05, 3.63) is 34.1 Å². The third-order valence-electron chi connectivity index (χ3n) is 3.05. The van der Waals surface area contributed by atoms with Gasteiger partial charge in [0.25, 0.3) is 0 Å². The first-order valence-electron chi connectivity index (χ1n) is 6.48. The first-order valence-corrected chi connectivity index (χ1v) is 6.48. The molecule has 1 aromatic carbocycles. The summed E-state index contributed by atoms with van der Waals surface area (Å²) in [4.78, 5) is 10.6. The quantitative estimate of drug-likeness (QED) is 0.642. The molecular weight excluding hydrogens is 276 g/mol. The largest absolute Gasteiger partial charge is 0.490 e. The third-order valence-corrected chi connectivity index (χ3v) is 3.05. The second-order valence-electron chi connectivity index (χ2n) is 4.39. The summed E-state index contributed by atoms with van der Waals surface area (Å²) >= 11 is 0. The minimum absolute atomic E-state index is 0.133. The van der Waals surface area contributed by atoms with Gasteiger partial charge in [0.1, 0.15) is 6.61 Å². The zero-order valence-electron chi connectivity index (χ0n) is 11.8. The topological polar surface area (TPSA) is 103 Å².